The molecule has 0 aliphatic rings. The van der Waals surface area contributed by atoms with E-state index in [9.17, 15) is 8.42 Å². The van der Waals surface area contributed by atoms with Gasteiger partial charge in [0.25, 0.3) is 10.0 Å². The van der Waals surface area contributed by atoms with Crippen LogP contribution in [0.2, 0.25) is 10.0 Å². The number of methoxy groups -OCH3 is 1. The Morgan fingerprint density at radius 2 is 1.67 bits per heavy atom. The summed E-state index contributed by atoms with van der Waals surface area (Å²) in [5.74, 6) is 0.311. The molecule has 0 saturated carbocycles. The molecule has 3 rings (SSSR count). The fourth-order valence-electron chi connectivity index (χ4n) is 2.39. The predicted octanol–water partition coefficient (Wildman–Crippen LogP) is 4.96. The molecule has 1 N–H and O–H groups in total. The molecule has 0 heterocycles. The molecule has 7 heteroatoms. The maximum Gasteiger partial charge on any atom is 0.263 e. The first-order valence-electron chi connectivity index (χ1n) is 6.96. The molecule has 0 bridgehead atoms. The van der Waals surface area contributed by atoms with Crippen molar-refractivity contribution in [2.75, 3.05) is 11.8 Å². The van der Waals surface area contributed by atoms with E-state index in [0.29, 0.717) is 11.4 Å². The minimum atomic E-state index is -3.90. The van der Waals surface area contributed by atoms with Crippen LogP contribution in [0, 0.1) is 0 Å². The molecule has 0 radical (unpaired) electrons. The molecule has 124 valence electrons. The van der Waals surface area contributed by atoms with E-state index in [1.54, 1.807) is 12.1 Å². The summed E-state index contributed by atoms with van der Waals surface area (Å²) < 4.78 is 33.1. The quantitative estimate of drug-likeness (QED) is 0.694. The van der Waals surface area contributed by atoms with Gasteiger partial charge in [0, 0.05) is 11.5 Å². The van der Waals surface area contributed by atoms with Gasteiger partial charge in [-0.25, -0.2) is 8.42 Å². The lowest BCUT2D eigenvalue weighted by atomic mass is 10.1. The van der Waals surface area contributed by atoms with Crippen LogP contribution in [0.5, 0.6) is 5.75 Å². The van der Waals surface area contributed by atoms with Crippen LogP contribution in [0.1, 0.15) is 0 Å². The third-order valence-corrected chi connectivity index (χ3v) is 5.66. The lowest BCUT2D eigenvalue weighted by Crippen LogP contribution is -2.14. The number of fused-ring (bicyclic) bond motifs is 1. The Kier molecular flexibility index (Phi) is 4.58. The van der Waals surface area contributed by atoms with E-state index in [2.05, 4.69) is 4.72 Å². The smallest absolute Gasteiger partial charge is 0.263 e. The summed E-state index contributed by atoms with van der Waals surface area (Å²) in [7, 11) is -2.47. The Balaban J connectivity index is 2.07. The fraction of sp³-hybridized carbons (Fsp3) is 0.0588. The number of hydrogen-bond donors (Lipinski definition) is 1. The normalized spacial score (nSPS) is 11.5. The van der Waals surface area contributed by atoms with Crippen molar-refractivity contribution in [1.82, 2.24) is 0 Å². The van der Waals surface area contributed by atoms with Gasteiger partial charge < -0.3 is 4.74 Å². The van der Waals surface area contributed by atoms with Crippen LogP contribution in [-0.4, -0.2) is 15.5 Å². The monoisotopic (exact) mass is 381 g/mol. The highest BCUT2D eigenvalue weighted by Crippen LogP contribution is 2.35. The van der Waals surface area contributed by atoms with Gasteiger partial charge in [-0.2, -0.15) is 0 Å². The molecule has 3 aromatic rings. The summed E-state index contributed by atoms with van der Waals surface area (Å²) in [5.41, 5.74) is 0.469. The van der Waals surface area contributed by atoms with Crippen LogP contribution in [0.4, 0.5) is 5.69 Å². The number of sulfonamides is 1. The maximum absolute atomic E-state index is 12.7. The largest absolute Gasteiger partial charge is 0.495 e. The second-order valence-electron chi connectivity index (χ2n) is 5.05. The van der Waals surface area contributed by atoms with Crippen LogP contribution in [-0.2, 0) is 10.0 Å². The second-order valence-corrected chi connectivity index (χ2v) is 7.51. The Hall–Kier alpha value is -1.95. The van der Waals surface area contributed by atoms with Gasteiger partial charge in [0.05, 0.1) is 22.8 Å². The molecule has 0 spiro atoms. The van der Waals surface area contributed by atoms with Crippen LogP contribution in [0.3, 0.4) is 0 Å². The molecule has 0 fully saturated rings. The van der Waals surface area contributed by atoms with E-state index in [1.807, 2.05) is 30.3 Å². The Morgan fingerprint density at radius 3 is 2.42 bits per heavy atom. The second kappa shape index (κ2) is 6.51. The third-order valence-electron chi connectivity index (χ3n) is 3.53. The zero-order valence-electron chi connectivity index (χ0n) is 12.6. The first kappa shape index (κ1) is 16.9. The van der Waals surface area contributed by atoms with Gasteiger partial charge in [0.1, 0.15) is 10.6 Å². The first-order chi connectivity index (χ1) is 11.4. The van der Waals surface area contributed by atoms with E-state index < -0.39 is 10.0 Å². The molecule has 0 amide bonds. The molecule has 0 aliphatic carbocycles. The van der Waals surface area contributed by atoms with Gasteiger partial charge in [-0.15, -0.1) is 0 Å². The number of anilines is 1. The van der Waals surface area contributed by atoms with E-state index in [0.717, 1.165) is 10.8 Å². The molecule has 0 saturated heterocycles. The first-order valence-corrected chi connectivity index (χ1v) is 9.20. The minimum Gasteiger partial charge on any atom is -0.495 e. The minimum absolute atomic E-state index is 0.0315. The van der Waals surface area contributed by atoms with Crippen molar-refractivity contribution in [3.05, 3.63) is 64.6 Å². The highest BCUT2D eigenvalue weighted by Gasteiger charge is 2.21. The van der Waals surface area contributed by atoms with Crippen LogP contribution in [0.25, 0.3) is 10.8 Å². The number of rotatable bonds is 4. The summed E-state index contributed by atoms with van der Waals surface area (Å²) in [6, 6.07) is 15.5. The number of halogens is 2. The highest BCUT2D eigenvalue weighted by atomic mass is 35.5. The fourth-order valence-corrected chi connectivity index (χ4v) is 4.32. The van der Waals surface area contributed by atoms with Crippen LogP contribution in [0.15, 0.2) is 59.5 Å². The summed E-state index contributed by atoms with van der Waals surface area (Å²) >= 11 is 12.1. The number of benzene rings is 3. The Morgan fingerprint density at radius 1 is 0.958 bits per heavy atom. The third kappa shape index (κ3) is 3.15. The van der Waals surface area contributed by atoms with Crippen molar-refractivity contribution in [3.8, 4) is 5.75 Å². The van der Waals surface area contributed by atoms with Crippen molar-refractivity contribution in [1.29, 1.82) is 0 Å². The summed E-state index contributed by atoms with van der Waals surface area (Å²) in [5, 5.41) is 1.92. The number of ether oxygens (including phenoxy) is 1. The summed E-state index contributed by atoms with van der Waals surface area (Å²) in [6.07, 6.45) is 0. The molecule has 0 unspecified atom stereocenters. The molecule has 0 atom stereocenters. The number of nitrogens with one attached hydrogen (secondary N) is 1. The van der Waals surface area contributed by atoms with Crippen molar-refractivity contribution in [2.45, 2.75) is 4.90 Å². The van der Waals surface area contributed by atoms with Gasteiger partial charge in [0.15, 0.2) is 0 Å². The average molecular weight is 382 g/mol. The molecule has 3 aromatic carbocycles. The van der Waals surface area contributed by atoms with Gasteiger partial charge in [-0.1, -0.05) is 59.6 Å². The topological polar surface area (TPSA) is 55.4 Å². The van der Waals surface area contributed by atoms with Gasteiger partial charge in [-0.3, -0.25) is 4.72 Å². The van der Waals surface area contributed by atoms with E-state index >= 15 is 0 Å². The van der Waals surface area contributed by atoms with E-state index in [1.165, 1.54) is 19.2 Å². The van der Waals surface area contributed by atoms with Gasteiger partial charge in [0.2, 0.25) is 0 Å². The zero-order valence-corrected chi connectivity index (χ0v) is 14.9. The van der Waals surface area contributed by atoms with Crippen molar-refractivity contribution >= 4 is 49.7 Å². The average Bonchev–Trinajstić information content (AvgIpc) is 2.56. The lowest BCUT2D eigenvalue weighted by Gasteiger charge is -2.13. The zero-order chi connectivity index (χ0) is 17.3. The molecule has 0 aliphatic heterocycles. The number of hydrogen-bond acceptors (Lipinski definition) is 3. The molecule has 24 heavy (non-hydrogen) atoms. The van der Waals surface area contributed by atoms with Crippen LogP contribution >= 0.6 is 23.2 Å². The van der Waals surface area contributed by atoms with Gasteiger partial charge in [-0.05, 0) is 17.5 Å². The van der Waals surface area contributed by atoms with E-state index in [4.69, 9.17) is 27.9 Å². The summed E-state index contributed by atoms with van der Waals surface area (Å²) in [4.78, 5) is -0.108. The van der Waals surface area contributed by atoms with Crippen molar-refractivity contribution in [2.24, 2.45) is 0 Å². The maximum atomic E-state index is 12.7. The SMILES string of the molecule is COc1cc(Cl)c(S(=O)(=O)Nc2cccc3ccccc23)cc1Cl. The Labute approximate surface area is 150 Å². The molecular formula is C17H13Cl2NO3S. The lowest BCUT2D eigenvalue weighted by molar-refractivity contribution is 0.414. The standard InChI is InChI=1S/C17H13Cl2NO3S/c1-23-16-9-14(19)17(10-13(16)18)24(21,22)20-15-8-4-6-11-5-2-3-7-12(11)15/h2-10,20H,1H3. The highest BCUT2D eigenvalue weighted by molar-refractivity contribution is 7.92. The van der Waals surface area contributed by atoms with Crippen molar-refractivity contribution in [3.63, 3.8) is 0 Å². The van der Waals surface area contributed by atoms with Crippen LogP contribution < -0.4 is 9.46 Å². The Bertz CT molecular complexity index is 1010. The van der Waals surface area contributed by atoms with Gasteiger partial charge >= 0.3 is 0 Å². The van der Waals surface area contributed by atoms with Crippen molar-refractivity contribution < 1.29 is 13.2 Å². The summed E-state index contributed by atoms with van der Waals surface area (Å²) in [6.45, 7) is 0. The molecule has 0 aromatic heterocycles. The predicted molar refractivity (Wildman–Crippen MR) is 97.8 cm³/mol. The molecule has 4 nitrogen and oxygen atoms in total. The molecular weight excluding hydrogens is 369 g/mol. The van der Waals surface area contributed by atoms with E-state index in [-0.39, 0.29) is 14.9 Å².